The van der Waals surface area contributed by atoms with Crippen molar-refractivity contribution in [3.8, 4) is 24.3 Å². The molecule has 0 atom stereocenters. The molecule has 2 aromatic rings. The molecule has 5 nitrogen and oxygen atoms in total. The number of nitriles is 4. The van der Waals surface area contributed by atoms with Gasteiger partial charge in [0.25, 0.3) is 0 Å². The van der Waals surface area contributed by atoms with E-state index in [0.717, 1.165) is 122 Å². The molecule has 2 aromatic carbocycles. The summed E-state index contributed by atoms with van der Waals surface area (Å²) in [6.45, 7) is 9.70. The molecule has 0 bridgehead atoms. The second kappa shape index (κ2) is 26.8. The lowest BCUT2D eigenvalue weighted by atomic mass is 9.74. The third kappa shape index (κ3) is 14.0. The van der Waals surface area contributed by atoms with E-state index in [1.165, 1.54) is 77.0 Å². The third-order valence-electron chi connectivity index (χ3n) is 13.6. The first kappa shape index (κ1) is 47.5. The lowest BCUT2D eigenvalue weighted by molar-refractivity contribution is 0.193. The minimum atomic E-state index is 0.322. The van der Waals surface area contributed by atoms with E-state index < -0.39 is 0 Å². The van der Waals surface area contributed by atoms with Gasteiger partial charge >= 0.3 is 0 Å². The van der Waals surface area contributed by atoms with Gasteiger partial charge in [0, 0.05) is 0 Å². The van der Waals surface area contributed by atoms with Gasteiger partial charge in [0.1, 0.15) is 24.3 Å². The highest BCUT2D eigenvalue weighted by atomic mass is 16.5. The highest BCUT2D eigenvalue weighted by Gasteiger charge is 2.29. The van der Waals surface area contributed by atoms with Crippen LogP contribution in [-0.4, -0.2) is 13.2 Å². The molecule has 0 aliphatic heterocycles. The summed E-state index contributed by atoms with van der Waals surface area (Å²) in [5.41, 5.74) is 8.17. The molecule has 2 fully saturated rings. The van der Waals surface area contributed by atoms with Gasteiger partial charge in [-0.05, 0) is 134 Å². The van der Waals surface area contributed by atoms with Crippen molar-refractivity contribution in [2.75, 3.05) is 13.2 Å². The van der Waals surface area contributed by atoms with Gasteiger partial charge in [-0.2, -0.15) is 21.0 Å². The summed E-state index contributed by atoms with van der Waals surface area (Å²) in [6, 6.07) is 18.2. The Morgan fingerprint density at radius 3 is 1.19 bits per heavy atom. The molecule has 0 unspecified atom stereocenters. The van der Waals surface area contributed by atoms with Crippen LogP contribution in [0.4, 0.5) is 0 Å². The normalized spacial score (nSPS) is 19.7. The SMILES string of the molecule is CCCCCc1ccc(C(=CCOCC=C(c2ccc(CCCCC)c(C#N)c2C#N)[C@H]2CC[C@H](CCCCC)CC2)[C@H]2CC[C@H](CCCCC)CC2)c(C#N)c1C#N. The molecule has 316 valence electrons. The van der Waals surface area contributed by atoms with Crippen LogP contribution in [0.1, 0.15) is 213 Å². The Morgan fingerprint density at radius 1 is 0.492 bits per heavy atom. The maximum Gasteiger partial charge on any atom is 0.101 e. The minimum Gasteiger partial charge on any atom is -0.373 e. The first-order valence-corrected chi connectivity index (χ1v) is 23.9. The van der Waals surface area contributed by atoms with Gasteiger partial charge in [-0.1, -0.05) is 141 Å². The summed E-state index contributed by atoms with van der Waals surface area (Å²) in [6.07, 6.45) is 32.0. The van der Waals surface area contributed by atoms with E-state index in [1.54, 1.807) is 0 Å². The quantitative estimate of drug-likeness (QED) is 0.0984. The number of hydrogen-bond acceptors (Lipinski definition) is 5. The van der Waals surface area contributed by atoms with Crippen LogP contribution in [0.2, 0.25) is 0 Å². The minimum absolute atomic E-state index is 0.322. The fourth-order valence-electron chi connectivity index (χ4n) is 10.1. The van der Waals surface area contributed by atoms with Crippen LogP contribution in [0.3, 0.4) is 0 Å². The van der Waals surface area contributed by atoms with Gasteiger partial charge in [-0.25, -0.2) is 0 Å². The summed E-state index contributed by atoms with van der Waals surface area (Å²) in [4.78, 5) is 0. The van der Waals surface area contributed by atoms with Gasteiger partial charge in [0.05, 0.1) is 35.5 Å². The van der Waals surface area contributed by atoms with Crippen LogP contribution in [0.5, 0.6) is 0 Å². The molecule has 0 aromatic heterocycles. The number of rotatable bonds is 24. The third-order valence-corrected chi connectivity index (χ3v) is 13.6. The number of benzene rings is 2. The molecule has 0 saturated heterocycles. The molecule has 0 N–H and O–H groups in total. The van der Waals surface area contributed by atoms with E-state index in [2.05, 4.69) is 88.4 Å². The van der Waals surface area contributed by atoms with Gasteiger partial charge in [-0.15, -0.1) is 0 Å². The van der Waals surface area contributed by atoms with Gasteiger partial charge < -0.3 is 4.74 Å². The molecular formula is C54H74N4O. The fraction of sp³-hybridized carbons (Fsp3) is 0.630. The molecule has 2 saturated carbocycles. The van der Waals surface area contributed by atoms with E-state index in [9.17, 15) is 21.0 Å². The number of ether oxygens (including phenoxy) is 1. The van der Waals surface area contributed by atoms with E-state index in [1.807, 2.05) is 0 Å². The Kier molecular flexibility index (Phi) is 21.6. The van der Waals surface area contributed by atoms with Crippen LogP contribution in [0, 0.1) is 69.0 Å². The average molecular weight is 795 g/mol. The Bertz CT molecular complexity index is 1690. The topological polar surface area (TPSA) is 104 Å². The molecule has 4 rings (SSSR count). The summed E-state index contributed by atoms with van der Waals surface area (Å²) >= 11 is 0. The predicted molar refractivity (Wildman–Crippen MR) is 244 cm³/mol. The van der Waals surface area contributed by atoms with Crippen LogP contribution in [0.15, 0.2) is 36.4 Å². The maximum atomic E-state index is 10.5. The van der Waals surface area contributed by atoms with Crippen molar-refractivity contribution in [1.82, 2.24) is 0 Å². The smallest absolute Gasteiger partial charge is 0.101 e. The zero-order valence-corrected chi connectivity index (χ0v) is 37.4. The van der Waals surface area contributed by atoms with E-state index >= 15 is 0 Å². The number of allylic oxidation sites excluding steroid dienone is 2. The van der Waals surface area contributed by atoms with Crippen LogP contribution in [-0.2, 0) is 17.6 Å². The van der Waals surface area contributed by atoms with Crippen molar-refractivity contribution >= 4 is 11.1 Å². The molecule has 0 radical (unpaired) electrons. The predicted octanol–water partition coefficient (Wildman–Crippen LogP) is 14.9. The fourth-order valence-corrected chi connectivity index (χ4v) is 10.1. The highest BCUT2D eigenvalue weighted by molar-refractivity contribution is 5.77. The average Bonchev–Trinajstić information content (AvgIpc) is 3.27. The van der Waals surface area contributed by atoms with Crippen LogP contribution >= 0.6 is 0 Å². The lowest BCUT2D eigenvalue weighted by Crippen LogP contribution is -2.17. The lowest BCUT2D eigenvalue weighted by Gasteiger charge is -2.31. The second-order valence-corrected chi connectivity index (χ2v) is 17.7. The molecule has 59 heavy (non-hydrogen) atoms. The van der Waals surface area contributed by atoms with Gasteiger partial charge in [-0.3, -0.25) is 0 Å². The van der Waals surface area contributed by atoms with Crippen molar-refractivity contribution in [2.24, 2.45) is 23.7 Å². The van der Waals surface area contributed by atoms with Crippen LogP contribution in [0.25, 0.3) is 11.1 Å². The molecular weight excluding hydrogens is 721 g/mol. The number of unbranched alkanes of at least 4 members (excludes halogenated alkanes) is 8. The van der Waals surface area contributed by atoms with Crippen molar-refractivity contribution in [3.63, 3.8) is 0 Å². The highest BCUT2D eigenvalue weighted by Crippen LogP contribution is 2.43. The molecule has 0 amide bonds. The van der Waals surface area contributed by atoms with E-state index in [4.69, 9.17) is 4.74 Å². The van der Waals surface area contributed by atoms with Crippen molar-refractivity contribution in [3.05, 3.63) is 80.9 Å². The second-order valence-electron chi connectivity index (χ2n) is 17.7. The Labute approximate surface area is 359 Å². The zero-order chi connectivity index (χ0) is 42.2. The van der Waals surface area contributed by atoms with Crippen molar-refractivity contribution in [2.45, 2.75) is 182 Å². The van der Waals surface area contributed by atoms with E-state index in [-0.39, 0.29) is 0 Å². The molecule has 2 aliphatic rings. The molecule has 0 spiro atoms. The van der Waals surface area contributed by atoms with Crippen molar-refractivity contribution < 1.29 is 4.74 Å². The number of aryl methyl sites for hydroxylation is 2. The Hall–Kier alpha value is -4.16. The largest absolute Gasteiger partial charge is 0.373 e. The first-order valence-electron chi connectivity index (χ1n) is 23.9. The van der Waals surface area contributed by atoms with E-state index in [0.29, 0.717) is 47.3 Å². The monoisotopic (exact) mass is 795 g/mol. The number of hydrogen-bond donors (Lipinski definition) is 0. The van der Waals surface area contributed by atoms with Crippen molar-refractivity contribution in [1.29, 1.82) is 21.0 Å². The van der Waals surface area contributed by atoms with Gasteiger partial charge in [0.15, 0.2) is 0 Å². The zero-order valence-electron chi connectivity index (χ0n) is 37.4. The summed E-state index contributed by atoms with van der Waals surface area (Å²) < 4.78 is 6.48. The molecule has 2 aliphatic carbocycles. The Balaban J connectivity index is 1.64. The standard InChI is InChI=1S/C54H74N4O/c1-5-9-13-17-41-21-25-45(26-22-41)47(49-31-29-43(19-15-11-7-3)51(37-55)53(49)39-57)33-35-59-36-34-48(46-27-23-42(24-28-46)18-14-10-6-2)50-32-30-44(20-16-12-8-4)52(38-56)54(50)40-58/h29-34,41-42,45-46H,5-28,35-36H2,1-4H3/t41-,42-,45-,46-. The summed E-state index contributed by atoms with van der Waals surface area (Å²) in [5.74, 6) is 2.17. The van der Waals surface area contributed by atoms with Gasteiger partial charge in [0.2, 0.25) is 0 Å². The number of nitrogens with zero attached hydrogens (tertiary/aromatic N) is 4. The summed E-state index contributed by atoms with van der Waals surface area (Å²) in [7, 11) is 0. The summed E-state index contributed by atoms with van der Waals surface area (Å²) in [5, 5.41) is 41.8. The maximum absolute atomic E-state index is 10.5. The Morgan fingerprint density at radius 2 is 0.847 bits per heavy atom. The molecule has 0 heterocycles. The van der Waals surface area contributed by atoms with Crippen LogP contribution < -0.4 is 0 Å². The molecule has 5 heteroatoms. The first-order chi connectivity index (χ1) is 29.0.